The van der Waals surface area contributed by atoms with Gasteiger partial charge in [-0.15, -0.1) is 6.42 Å². The van der Waals surface area contributed by atoms with Crippen molar-refractivity contribution in [3.8, 4) is 24.1 Å². The van der Waals surface area contributed by atoms with Crippen molar-refractivity contribution in [2.75, 3.05) is 31.1 Å². The number of phenols is 1. The zero-order valence-corrected chi connectivity index (χ0v) is 24.0. The minimum absolute atomic E-state index is 0.121. The van der Waals surface area contributed by atoms with Gasteiger partial charge in [0.25, 0.3) is 0 Å². The van der Waals surface area contributed by atoms with E-state index >= 15 is 0 Å². The Morgan fingerprint density at radius 1 is 1.10 bits per heavy atom. The third-order valence-electron chi connectivity index (χ3n) is 10.7. The lowest BCUT2D eigenvalue weighted by Gasteiger charge is -2.35. The molecule has 4 saturated heterocycles. The van der Waals surface area contributed by atoms with E-state index < -0.39 is 5.82 Å². The number of ether oxygens (including phenoxy) is 1. The molecule has 7 nitrogen and oxygen atoms in total. The second kappa shape index (κ2) is 10.1. The number of terminal acetylenes is 1. The molecule has 2 N–H and O–H groups in total. The van der Waals surface area contributed by atoms with Gasteiger partial charge in [0.2, 0.25) is 0 Å². The van der Waals surface area contributed by atoms with Gasteiger partial charge in [-0.05, 0) is 94.0 Å². The smallest absolute Gasteiger partial charge is 0.316 e. The van der Waals surface area contributed by atoms with Crippen LogP contribution in [-0.2, 0) is 13.0 Å². The number of piperidine rings is 1. The normalized spacial score (nSPS) is 26.3. The molecule has 5 aliphatic heterocycles. The molecule has 8 heteroatoms. The van der Waals surface area contributed by atoms with Crippen molar-refractivity contribution in [2.24, 2.45) is 0 Å². The van der Waals surface area contributed by atoms with Crippen molar-refractivity contribution < 1.29 is 14.2 Å². The number of anilines is 1. The van der Waals surface area contributed by atoms with Crippen LogP contribution in [0.5, 0.6) is 11.8 Å². The fourth-order valence-corrected chi connectivity index (χ4v) is 8.78. The number of phenolic OH excluding ortho intramolecular Hbond substituents is 1. The second-order valence-corrected chi connectivity index (χ2v) is 13.1. The number of hydrogen-bond donors (Lipinski definition) is 2. The number of halogens is 1. The van der Waals surface area contributed by atoms with E-state index in [1.165, 1.54) is 50.2 Å². The molecular formula is C34H38FN5O2. The van der Waals surface area contributed by atoms with Crippen LogP contribution in [0.25, 0.3) is 10.8 Å². The van der Waals surface area contributed by atoms with Crippen LogP contribution in [-0.4, -0.2) is 63.8 Å². The summed E-state index contributed by atoms with van der Waals surface area (Å²) in [6.45, 7) is 4.18. The molecule has 1 aromatic heterocycles. The van der Waals surface area contributed by atoms with Crippen molar-refractivity contribution in [2.45, 2.75) is 87.9 Å². The van der Waals surface area contributed by atoms with Crippen molar-refractivity contribution in [1.82, 2.24) is 20.2 Å². The van der Waals surface area contributed by atoms with E-state index in [4.69, 9.17) is 21.1 Å². The summed E-state index contributed by atoms with van der Waals surface area (Å²) in [7, 11) is 0. The van der Waals surface area contributed by atoms with E-state index in [0.29, 0.717) is 49.1 Å². The summed E-state index contributed by atoms with van der Waals surface area (Å²) in [6, 6.07) is 8.00. The maximum Gasteiger partial charge on any atom is 0.316 e. The number of aromatic hydroxyl groups is 1. The first-order valence-corrected chi connectivity index (χ1v) is 15.7. The van der Waals surface area contributed by atoms with E-state index in [-0.39, 0.29) is 16.9 Å². The summed E-state index contributed by atoms with van der Waals surface area (Å²) in [6.07, 6.45) is 16.0. The third-order valence-corrected chi connectivity index (χ3v) is 10.7. The predicted octanol–water partition coefficient (Wildman–Crippen LogP) is 5.02. The van der Waals surface area contributed by atoms with Crippen molar-refractivity contribution in [1.29, 1.82) is 0 Å². The fraction of sp³-hybridized carbons (Fsp3) is 0.529. The number of nitrogens with one attached hydrogen (secondary N) is 1. The zero-order chi connectivity index (χ0) is 28.4. The Labute approximate surface area is 246 Å². The summed E-state index contributed by atoms with van der Waals surface area (Å²) in [5.41, 5.74) is 4.44. The summed E-state index contributed by atoms with van der Waals surface area (Å²) in [5, 5.41) is 15.8. The van der Waals surface area contributed by atoms with Gasteiger partial charge < -0.3 is 20.1 Å². The highest BCUT2D eigenvalue weighted by Crippen LogP contribution is 2.43. The maximum absolute atomic E-state index is 14.8. The van der Waals surface area contributed by atoms with Crippen molar-refractivity contribution >= 4 is 16.5 Å². The van der Waals surface area contributed by atoms with Crippen LogP contribution >= 0.6 is 0 Å². The van der Waals surface area contributed by atoms with Gasteiger partial charge in [-0.25, -0.2) is 4.39 Å². The molecule has 3 aromatic rings. The van der Waals surface area contributed by atoms with Gasteiger partial charge in [0.1, 0.15) is 18.2 Å². The van der Waals surface area contributed by atoms with Gasteiger partial charge in [-0.3, -0.25) is 4.90 Å². The first-order chi connectivity index (χ1) is 20.5. The monoisotopic (exact) mass is 567 g/mol. The van der Waals surface area contributed by atoms with E-state index in [1.807, 2.05) is 0 Å². The molecular weight excluding hydrogens is 529 g/mol. The van der Waals surface area contributed by atoms with Crippen LogP contribution in [0, 0.1) is 18.2 Å². The molecule has 3 atom stereocenters. The Morgan fingerprint density at radius 3 is 2.64 bits per heavy atom. The van der Waals surface area contributed by atoms with Crippen LogP contribution in [0.1, 0.15) is 79.8 Å². The molecule has 0 spiro atoms. The Hall–Kier alpha value is -3.41. The zero-order valence-electron chi connectivity index (χ0n) is 24.0. The molecule has 0 amide bonds. The highest BCUT2D eigenvalue weighted by Gasteiger charge is 2.45. The Kier molecular flexibility index (Phi) is 6.31. The minimum Gasteiger partial charge on any atom is -0.508 e. The Morgan fingerprint density at radius 2 is 1.88 bits per heavy atom. The maximum atomic E-state index is 14.8. The van der Waals surface area contributed by atoms with Crippen LogP contribution in [0.2, 0.25) is 0 Å². The molecule has 6 heterocycles. The Bertz CT molecular complexity index is 1580. The summed E-state index contributed by atoms with van der Waals surface area (Å²) < 4.78 is 21.4. The highest BCUT2D eigenvalue weighted by atomic mass is 19.1. The molecule has 4 fully saturated rings. The van der Waals surface area contributed by atoms with Gasteiger partial charge in [0.15, 0.2) is 0 Å². The quantitative estimate of drug-likeness (QED) is 0.420. The van der Waals surface area contributed by atoms with Crippen LogP contribution < -0.4 is 15.0 Å². The van der Waals surface area contributed by atoms with Gasteiger partial charge in [0.05, 0.1) is 29.0 Å². The van der Waals surface area contributed by atoms with Crippen LogP contribution in [0.3, 0.4) is 0 Å². The molecule has 42 heavy (non-hydrogen) atoms. The summed E-state index contributed by atoms with van der Waals surface area (Å²) in [5.74, 6) is 2.65. The lowest BCUT2D eigenvalue weighted by Crippen LogP contribution is -2.43. The fourth-order valence-electron chi connectivity index (χ4n) is 8.78. The largest absolute Gasteiger partial charge is 0.508 e. The average molecular weight is 568 g/mol. The summed E-state index contributed by atoms with van der Waals surface area (Å²) >= 11 is 0. The van der Waals surface area contributed by atoms with E-state index in [2.05, 4.69) is 21.0 Å². The molecule has 0 radical (unpaired) electrons. The number of fused-ring (bicyclic) bond motifs is 5. The molecule has 2 bridgehead atoms. The van der Waals surface area contributed by atoms with Gasteiger partial charge in [-0.2, -0.15) is 9.97 Å². The predicted molar refractivity (Wildman–Crippen MR) is 160 cm³/mol. The average Bonchev–Trinajstić information content (AvgIpc) is 3.68. The number of benzene rings is 2. The summed E-state index contributed by atoms with van der Waals surface area (Å²) in [4.78, 5) is 15.0. The number of rotatable bonds is 5. The van der Waals surface area contributed by atoms with Crippen molar-refractivity contribution in [3.63, 3.8) is 0 Å². The van der Waals surface area contributed by atoms with Gasteiger partial charge in [-0.1, -0.05) is 12.0 Å². The first-order valence-electron chi connectivity index (χ1n) is 15.7. The van der Waals surface area contributed by atoms with E-state index in [1.54, 1.807) is 18.2 Å². The van der Waals surface area contributed by atoms with Crippen LogP contribution in [0.4, 0.5) is 10.1 Å². The lowest BCUT2D eigenvalue weighted by molar-refractivity contribution is 0.107. The van der Waals surface area contributed by atoms with Crippen molar-refractivity contribution in [3.05, 3.63) is 52.6 Å². The highest BCUT2D eigenvalue weighted by molar-refractivity contribution is 6.00. The molecule has 5 aliphatic rings. The second-order valence-electron chi connectivity index (χ2n) is 13.1. The minimum atomic E-state index is -0.428. The molecule has 0 unspecified atom stereocenters. The lowest BCUT2D eigenvalue weighted by atomic mass is 9.85. The molecule has 2 aromatic carbocycles. The topological polar surface area (TPSA) is 73.8 Å². The van der Waals surface area contributed by atoms with Crippen LogP contribution in [0.15, 0.2) is 24.3 Å². The van der Waals surface area contributed by atoms with Gasteiger partial charge in [0, 0.05) is 41.7 Å². The number of hydrogen-bond acceptors (Lipinski definition) is 7. The Balaban J connectivity index is 1.17. The number of aromatic nitrogens is 2. The molecule has 0 saturated carbocycles. The molecule has 8 rings (SSSR count). The van der Waals surface area contributed by atoms with E-state index in [9.17, 15) is 9.50 Å². The van der Waals surface area contributed by atoms with Gasteiger partial charge >= 0.3 is 6.01 Å². The third kappa shape index (κ3) is 4.32. The molecule has 0 aliphatic carbocycles. The molecule has 218 valence electrons. The SMILES string of the molecule is C#Cc1c(F)ccc2cc(O)cc(N3CCc4c(nc(OCC56CCCN5CCC6)nc4[C@@H]4C[C@H]5CC[C@@H](C4)N5)C3)c12. The first kappa shape index (κ1) is 26.2. The standard InChI is InChI=1S/C34H38FN5O2/c1-2-26-28(35)8-5-21-17-25(41)18-30(31(21)26)39-14-9-27-29(19-39)37-33(42-20-34-10-3-12-40(34)13-4-11-34)38-32(27)22-15-23-6-7-24(16-22)36-23/h1,5,8,17-18,22-24,36,41H,3-4,6-7,9-16,19-20H2/t22-,23-,24+. The number of nitrogens with zero attached hydrogens (tertiary/aromatic N) is 4. The van der Waals surface area contributed by atoms with E-state index in [0.717, 1.165) is 54.8 Å².